The number of aryl methyl sites for hydroxylation is 1. The van der Waals surface area contributed by atoms with Gasteiger partial charge in [-0.1, -0.05) is 201 Å². The fraction of sp³-hybridized carbons (Fsp3) is 0.407. The van der Waals surface area contributed by atoms with Crippen LogP contribution < -0.4 is 36.0 Å². The van der Waals surface area contributed by atoms with Crippen LogP contribution in [0.2, 0.25) is 0 Å². The van der Waals surface area contributed by atoms with Crippen LogP contribution in [0.1, 0.15) is 201 Å². The van der Waals surface area contributed by atoms with Gasteiger partial charge in [0.15, 0.2) is 0 Å². The molecule has 0 saturated heterocycles. The van der Waals surface area contributed by atoms with E-state index in [2.05, 4.69) is 295 Å². The highest BCUT2D eigenvalue weighted by atomic mass is 15.3. The van der Waals surface area contributed by atoms with Gasteiger partial charge in [0.25, 0.3) is 6.71 Å². The summed E-state index contributed by atoms with van der Waals surface area (Å²) in [6, 6.07) is 63.7. The molecule has 8 aromatic rings. The minimum atomic E-state index is -0.189. The number of fused-ring (bicyclic) bond motifs is 10. The molecule has 4 aliphatic heterocycles. The topological polar surface area (TPSA) is 13.0 Å². The van der Waals surface area contributed by atoms with Gasteiger partial charge in [0.05, 0.1) is 11.1 Å². The molecule has 6 aliphatic rings. The van der Waals surface area contributed by atoms with E-state index in [4.69, 9.17) is 0 Å². The van der Waals surface area contributed by atoms with Crippen molar-refractivity contribution in [2.24, 2.45) is 0 Å². The van der Waals surface area contributed by atoms with Gasteiger partial charge in [-0.2, -0.15) is 0 Å². The molecule has 2 fully saturated rings. The molecule has 0 N–H and O–H groups in total. The van der Waals surface area contributed by atoms with E-state index in [1.54, 1.807) is 0 Å². The summed E-state index contributed by atoms with van der Waals surface area (Å²) < 4.78 is 0. The zero-order valence-electron chi connectivity index (χ0n) is 55.0. The Kier molecular flexibility index (Phi) is 12.6. The smallest absolute Gasteiger partial charge is 0.252 e. The predicted octanol–water partition coefficient (Wildman–Crippen LogP) is 20.4. The van der Waals surface area contributed by atoms with Crippen LogP contribution in [0, 0.1) is 6.92 Å². The molecule has 2 saturated carbocycles. The number of benzene rings is 8. The summed E-state index contributed by atoms with van der Waals surface area (Å²) in [5.74, 6) is 0. The first-order valence-electron chi connectivity index (χ1n) is 32.8. The first-order valence-corrected chi connectivity index (χ1v) is 32.8. The molecule has 0 amide bonds. The van der Waals surface area contributed by atoms with Gasteiger partial charge < -0.3 is 19.6 Å². The molecule has 4 unspecified atom stereocenters. The third-order valence-electron chi connectivity index (χ3n) is 22.9. The Bertz CT molecular complexity index is 4060. The van der Waals surface area contributed by atoms with Crippen LogP contribution in [0.4, 0.5) is 56.9 Å². The van der Waals surface area contributed by atoms with Gasteiger partial charge >= 0.3 is 0 Å². The Morgan fingerprint density at radius 2 is 0.860 bits per heavy atom. The lowest BCUT2D eigenvalue weighted by atomic mass is 9.33. The van der Waals surface area contributed by atoms with E-state index in [0.717, 1.165) is 19.3 Å². The van der Waals surface area contributed by atoms with Crippen molar-refractivity contribution in [2.75, 3.05) is 19.6 Å². The number of hydrogen-bond donors (Lipinski definition) is 0. The molecule has 0 bridgehead atoms. The molecule has 4 nitrogen and oxygen atoms in total. The zero-order chi connectivity index (χ0) is 60.6. The minimum Gasteiger partial charge on any atom is -0.334 e. The van der Waals surface area contributed by atoms with Gasteiger partial charge in [0, 0.05) is 67.7 Å². The van der Waals surface area contributed by atoms with E-state index in [1.165, 1.54) is 155 Å². The largest absolute Gasteiger partial charge is 0.334 e. The Hall–Kier alpha value is -6.98. The molecule has 0 aromatic heterocycles. The van der Waals surface area contributed by atoms with E-state index < -0.39 is 0 Å². The summed E-state index contributed by atoms with van der Waals surface area (Å²) >= 11 is 0. The maximum Gasteiger partial charge on any atom is 0.252 e. The van der Waals surface area contributed by atoms with Crippen LogP contribution in [0.5, 0.6) is 0 Å². The summed E-state index contributed by atoms with van der Waals surface area (Å²) in [6.45, 7) is 41.0. The first kappa shape index (κ1) is 56.8. The molecule has 2 aliphatic carbocycles. The number of hydrogen-bond acceptors (Lipinski definition) is 4. The van der Waals surface area contributed by atoms with E-state index in [-0.39, 0.29) is 50.3 Å². The summed E-state index contributed by atoms with van der Waals surface area (Å²) in [4.78, 5) is 11.1. The van der Waals surface area contributed by atoms with Crippen LogP contribution in [0.3, 0.4) is 0 Å². The van der Waals surface area contributed by atoms with Crippen LogP contribution in [-0.4, -0.2) is 17.8 Å². The summed E-state index contributed by atoms with van der Waals surface area (Å²) in [5.41, 5.74) is 28.7. The fourth-order valence-corrected chi connectivity index (χ4v) is 17.3. The molecule has 0 spiro atoms. The third kappa shape index (κ3) is 8.27. The Balaban J connectivity index is 1.08. The summed E-state index contributed by atoms with van der Waals surface area (Å²) in [7, 11) is 0. The molecular weight excluding hydrogens is 1040 g/mol. The first-order chi connectivity index (χ1) is 40.5. The highest BCUT2D eigenvalue weighted by Crippen LogP contribution is 2.64. The molecule has 5 heteroatoms. The lowest BCUT2D eigenvalue weighted by Gasteiger charge is -2.51. The second-order valence-electron chi connectivity index (χ2n) is 32.2. The molecule has 0 radical (unpaired) electrons. The third-order valence-corrected chi connectivity index (χ3v) is 22.9. The van der Waals surface area contributed by atoms with Gasteiger partial charge in [-0.05, 0) is 213 Å². The van der Waals surface area contributed by atoms with Gasteiger partial charge in [-0.25, -0.2) is 0 Å². The van der Waals surface area contributed by atoms with Crippen LogP contribution in [-0.2, 0) is 32.5 Å². The van der Waals surface area contributed by atoms with Gasteiger partial charge in [0.2, 0.25) is 0 Å². The van der Waals surface area contributed by atoms with Crippen LogP contribution >= 0.6 is 0 Å². The zero-order valence-corrected chi connectivity index (χ0v) is 55.0. The van der Waals surface area contributed by atoms with Crippen molar-refractivity contribution in [3.8, 4) is 11.1 Å². The van der Waals surface area contributed by atoms with E-state index in [0.29, 0.717) is 0 Å². The summed E-state index contributed by atoms with van der Waals surface area (Å²) in [5, 5.41) is 0. The maximum atomic E-state index is 2.84. The fourth-order valence-electron chi connectivity index (χ4n) is 17.3. The second kappa shape index (κ2) is 19.0. The van der Waals surface area contributed by atoms with Crippen LogP contribution in [0.25, 0.3) is 11.1 Å². The lowest BCUT2D eigenvalue weighted by molar-refractivity contribution is 0.195. The van der Waals surface area contributed by atoms with E-state index in [1.807, 2.05) is 0 Å². The average molecular weight is 1130 g/mol. The van der Waals surface area contributed by atoms with Gasteiger partial charge in [-0.3, -0.25) is 0 Å². The van der Waals surface area contributed by atoms with Crippen molar-refractivity contribution < 1.29 is 0 Å². The van der Waals surface area contributed by atoms with Crippen molar-refractivity contribution in [2.45, 2.75) is 213 Å². The molecular formula is C81H93BN4. The molecule has 4 heterocycles. The lowest BCUT2D eigenvalue weighted by Crippen LogP contribution is -2.62. The Morgan fingerprint density at radius 3 is 1.48 bits per heavy atom. The minimum absolute atomic E-state index is 0.00105. The quantitative estimate of drug-likeness (QED) is 0.159. The Morgan fingerprint density at radius 1 is 0.360 bits per heavy atom. The van der Waals surface area contributed by atoms with Crippen LogP contribution in [0.15, 0.2) is 158 Å². The Labute approximate surface area is 517 Å². The van der Waals surface area contributed by atoms with Crippen molar-refractivity contribution >= 4 is 80.0 Å². The van der Waals surface area contributed by atoms with Crippen molar-refractivity contribution in [3.63, 3.8) is 0 Å². The predicted molar refractivity (Wildman–Crippen MR) is 371 cm³/mol. The standard InChI is InChI=1S/C81H93BN4/c1-52-25-18-19-28-62(52)53-29-38-67-63(45-53)78(14)41-20-23-44-81(78,17)86(67)61-50-71-73-72(51-61)84(59-27-24-26-55(46-59)75(5,6)7)70-48-57(77(11,12)13)32-37-65(70)82(73)66-49-60(36-40-69(66)83(71)58-34-30-54(31-35-58)74(2,3)4)85-68-39-33-56(76(8,9)10)47-64(68)79(15)42-21-22-43-80(79,85)16/h18-19,24-40,45-51H,20-23,41-44H2,1-17H3. The molecule has 14 rings (SSSR count). The van der Waals surface area contributed by atoms with Crippen molar-refractivity contribution in [1.82, 2.24) is 0 Å². The average Bonchev–Trinajstić information content (AvgIpc) is 1.32. The number of nitrogens with zero attached hydrogens (tertiary/aromatic N) is 4. The van der Waals surface area contributed by atoms with Crippen molar-refractivity contribution in [1.29, 1.82) is 0 Å². The van der Waals surface area contributed by atoms with Gasteiger partial charge in [0.1, 0.15) is 0 Å². The highest BCUT2D eigenvalue weighted by Gasteiger charge is 2.60. The molecule has 86 heavy (non-hydrogen) atoms. The van der Waals surface area contributed by atoms with E-state index >= 15 is 0 Å². The SMILES string of the molecule is Cc1ccccc1-c1ccc2c(c1)C1(C)CCCCC1(C)N2c1cc2c3c(c1)N(c1cccc(C(C)(C)C)c1)c1cc(C(C)(C)C)ccc1B3c1cc(N3c4ccc(C(C)(C)C)cc4C4(C)CCCCC34C)ccc1N2c1ccc(C(C)(C)C)cc1. The molecule has 4 atom stereocenters. The number of anilines is 10. The normalized spacial score (nSPS) is 23.1. The monoisotopic (exact) mass is 1130 g/mol. The maximum absolute atomic E-state index is 2.84. The summed E-state index contributed by atoms with van der Waals surface area (Å²) in [6.07, 6.45) is 9.53. The highest BCUT2D eigenvalue weighted by molar-refractivity contribution is 7.00. The second-order valence-corrected chi connectivity index (χ2v) is 32.2. The molecule has 8 aromatic carbocycles. The number of rotatable bonds is 5. The van der Waals surface area contributed by atoms with Crippen molar-refractivity contribution in [3.05, 3.63) is 197 Å². The van der Waals surface area contributed by atoms with E-state index in [9.17, 15) is 0 Å². The van der Waals surface area contributed by atoms with Gasteiger partial charge in [-0.15, -0.1) is 0 Å². The molecule has 440 valence electrons.